The fourth-order valence-electron chi connectivity index (χ4n) is 5.23. The molecule has 0 spiro atoms. The van der Waals surface area contributed by atoms with E-state index < -0.39 is 0 Å². The SMILES string of the molecule is CN=C(NCC(C(C)C)N1CCc2ccccc2C1)N1CCN(C(=O)C2CCCO2)CC1. The Balaban J connectivity index is 1.30. The van der Waals surface area contributed by atoms with Crippen molar-refractivity contribution >= 4 is 11.9 Å². The van der Waals surface area contributed by atoms with Crippen LogP contribution >= 0.6 is 0 Å². The lowest BCUT2D eigenvalue weighted by Gasteiger charge is -2.40. The van der Waals surface area contributed by atoms with Crippen LogP contribution in [0.5, 0.6) is 0 Å². The van der Waals surface area contributed by atoms with Gasteiger partial charge < -0.3 is 19.9 Å². The van der Waals surface area contributed by atoms with E-state index in [1.807, 2.05) is 11.9 Å². The van der Waals surface area contributed by atoms with Crippen molar-refractivity contribution < 1.29 is 9.53 Å². The maximum atomic E-state index is 12.6. The van der Waals surface area contributed by atoms with Gasteiger partial charge in [-0.15, -0.1) is 0 Å². The van der Waals surface area contributed by atoms with Gasteiger partial charge in [-0.25, -0.2) is 0 Å². The predicted molar refractivity (Wildman–Crippen MR) is 128 cm³/mol. The zero-order valence-corrected chi connectivity index (χ0v) is 19.9. The summed E-state index contributed by atoms with van der Waals surface area (Å²) in [6.45, 7) is 11.4. The molecule has 0 bridgehead atoms. The Morgan fingerprint density at radius 3 is 2.50 bits per heavy atom. The molecule has 1 aromatic rings. The molecule has 2 fully saturated rings. The maximum absolute atomic E-state index is 12.6. The van der Waals surface area contributed by atoms with Crippen LogP contribution in [0.4, 0.5) is 0 Å². The highest BCUT2D eigenvalue weighted by molar-refractivity contribution is 5.82. The number of fused-ring (bicyclic) bond motifs is 1. The molecular formula is C25H39N5O2. The van der Waals surface area contributed by atoms with E-state index in [4.69, 9.17) is 4.74 Å². The number of guanidine groups is 1. The number of rotatable bonds is 5. The minimum Gasteiger partial charge on any atom is -0.368 e. The van der Waals surface area contributed by atoms with Crippen LogP contribution in [-0.2, 0) is 22.5 Å². The number of nitrogens with one attached hydrogen (secondary N) is 1. The van der Waals surface area contributed by atoms with E-state index in [2.05, 4.69) is 58.2 Å². The lowest BCUT2D eigenvalue weighted by molar-refractivity contribution is -0.142. The quantitative estimate of drug-likeness (QED) is 0.559. The van der Waals surface area contributed by atoms with E-state index in [1.54, 1.807) is 0 Å². The van der Waals surface area contributed by atoms with Crippen LogP contribution in [0, 0.1) is 5.92 Å². The topological polar surface area (TPSA) is 60.4 Å². The number of benzene rings is 1. The van der Waals surface area contributed by atoms with Gasteiger partial charge >= 0.3 is 0 Å². The predicted octanol–water partition coefficient (Wildman–Crippen LogP) is 1.97. The Morgan fingerprint density at radius 2 is 1.84 bits per heavy atom. The van der Waals surface area contributed by atoms with Crippen LogP contribution in [0.2, 0.25) is 0 Å². The monoisotopic (exact) mass is 441 g/mol. The normalized spacial score (nSPS) is 23.4. The van der Waals surface area contributed by atoms with E-state index in [0.29, 0.717) is 18.6 Å². The van der Waals surface area contributed by atoms with Crippen LogP contribution in [0.15, 0.2) is 29.3 Å². The summed E-state index contributed by atoms with van der Waals surface area (Å²) in [7, 11) is 1.85. The first-order valence-corrected chi connectivity index (χ1v) is 12.2. The van der Waals surface area contributed by atoms with Gasteiger partial charge in [0.15, 0.2) is 5.96 Å². The van der Waals surface area contributed by atoms with Gasteiger partial charge in [0.1, 0.15) is 6.10 Å². The molecule has 0 radical (unpaired) electrons. The average molecular weight is 442 g/mol. The lowest BCUT2D eigenvalue weighted by atomic mass is 9.95. The third-order valence-electron chi connectivity index (χ3n) is 7.18. The largest absolute Gasteiger partial charge is 0.368 e. The summed E-state index contributed by atoms with van der Waals surface area (Å²) in [5.41, 5.74) is 2.95. The summed E-state index contributed by atoms with van der Waals surface area (Å²) >= 11 is 0. The van der Waals surface area contributed by atoms with Crippen molar-refractivity contribution in [2.24, 2.45) is 10.9 Å². The Labute approximate surface area is 192 Å². The van der Waals surface area contributed by atoms with Gasteiger partial charge in [-0.1, -0.05) is 38.1 Å². The van der Waals surface area contributed by atoms with Gasteiger partial charge in [-0.3, -0.25) is 14.7 Å². The zero-order chi connectivity index (χ0) is 22.5. The van der Waals surface area contributed by atoms with Crippen molar-refractivity contribution in [1.82, 2.24) is 20.0 Å². The molecule has 2 atom stereocenters. The van der Waals surface area contributed by atoms with E-state index in [0.717, 1.165) is 71.0 Å². The molecule has 32 heavy (non-hydrogen) atoms. The van der Waals surface area contributed by atoms with Gasteiger partial charge in [0, 0.05) is 65.5 Å². The molecule has 1 amide bonds. The number of piperazine rings is 1. The summed E-state index contributed by atoms with van der Waals surface area (Å²) in [6.07, 6.45) is 2.75. The first-order valence-electron chi connectivity index (χ1n) is 12.2. The van der Waals surface area contributed by atoms with Gasteiger partial charge in [-0.2, -0.15) is 0 Å². The highest BCUT2D eigenvalue weighted by Gasteiger charge is 2.31. The van der Waals surface area contributed by atoms with Crippen molar-refractivity contribution in [3.05, 3.63) is 35.4 Å². The molecule has 2 unspecified atom stereocenters. The molecule has 0 aromatic heterocycles. The van der Waals surface area contributed by atoms with Crippen LogP contribution in [0.1, 0.15) is 37.8 Å². The third kappa shape index (κ3) is 5.26. The van der Waals surface area contributed by atoms with Crippen molar-refractivity contribution in [1.29, 1.82) is 0 Å². The molecular weight excluding hydrogens is 402 g/mol. The van der Waals surface area contributed by atoms with Crippen molar-refractivity contribution in [3.63, 3.8) is 0 Å². The van der Waals surface area contributed by atoms with Crippen molar-refractivity contribution in [2.45, 2.75) is 51.8 Å². The van der Waals surface area contributed by atoms with Crippen LogP contribution in [-0.4, -0.2) is 91.6 Å². The van der Waals surface area contributed by atoms with Crippen LogP contribution in [0.3, 0.4) is 0 Å². The molecule has 1 aromatic carbocycles. The highest BCUT2D eigenvalue weighted by atomic mass is 16.5. The van der Waals surface area contributed by atoms with Crippen LogP contribution in [0.25, 0.3) is 0 Å². The molecule has 2 saturated heterocycles. The fraction of sp³-hybridized carbons (Fsp3) is 0.680. The number of nitrogens with zero attached hydrogens (tertiary/aromatic N) is 4. The number of ether oxygens (including phenoxy) is 1. The summed E-state index contributed by atoms with van der Waals surface area (Å²) in [6, 6.07) is 9.27. The van der Waals surface area contributed by atoms with Crippen molar-refractivity contribution in [3.8, 4) is 0 Å². The number of amides is 1. The molecule has 3 aliphatic heterocycles. The van der Waals surface area contributed by atoms with E-state index >= 15 is 0 Å². The molecule has 7 heteroatoms. The molecule has 0 saturated carbocycles. The smallest absolute Gasteiger partial charge is 0.251 e. The Bertz CT molecular complexity index is 797. The van der Waals surface area contributed by atoms with E-state index in [9.17, 15) is 4.79 Å². The second-order valence-electron chi connectivity index (χ2n) is 9.54. The zero-order valence-electron chi connectivity index (χ0n) is 19.9. The highest BCUT2D eigenvalue weighted by Crippen LogP contribution is 2.23. The van der Waals surface area contributed by atoms with Crippen molar-refractivity contribution in [2.75, 3.05) is 52.9 Å². The number of aliphatic imine (C=N–C) groups is 1. The second-order valence-corrected chi connectivity index (χ2v) is 9.54. The van der Waals surface area contributed by atoms with E-state index in [1.165, 1.54) is 11.1 Å². The second kappa shape index (κ2) is 10.7. The molecule has 0 aliphatic carbocycles. The molecule has 1 N–H and O–H groups in total. The Morgan fingerprint density at radius 1 is 1.12 bits per heavy atom. The minimum atomic E-state index is -0.222. The standard InChI is InChI=1S/C25H39N5O2/c1-19(2)22(30-11-10-20-7-4-5-8-21(20)18-30)17-27-25(26-3)29-14-12-28(13-15-29)24(31)23-9-6-16-32-23/h4-5,7-8,19,22-23H,6,9-18H2,1-3H3,(H,26,27). The van der Waals surface area contributed by atoms with Crippen LogP contribution < -0.4 is 5.32 Å². The Kier molecular flexibility index (Phi) is 7.68. The third-order valence-corrected chi connectivity index (χ3v) is 7.18. The summed E-state index contributed by atoms with van der Waals surface area (Å²) in [5.74, 6) is 1.65. The first-order chi connectivity index (χ1) is 15.6. The van der Waals surface area contributed by atoms with Gasteiger partial charge in [0.05, 0.1) is 0 Å². The number of carbonyl (C=O) groups is 1. The fourth-order valence-corrected chi connectivity index (χ4v) is 5.23. The van der Waals surface area contributed by atoms with Gasteiger partial charge in [0.25, 0.3) is 5.91 Å². The maximum Gasteiger partial charge on any atom is 0.251 e. The number of hydrogen-bond acceptors (Lipinski definition) is 4. The van der Waals surface area contributed by atoms with Gasteiger partial charge in [-0.05, 0) is 36.3 Å². The molecule has 3 aliphatic rings. The summed E-state index contributed by atoms with van der Waals surface area (Å²) < 4.78 is 5.58. The first kappa shape index (κ1) is 23.1. The molecule has 176 valence electrons. The molecule has 7 nitrogen and oxygen atoms in total. The van der Waals surface area contributed by atoms with E-state index in [-0.39, 0.29) is 12.0 Å². The average Bonchev–Trinajstić information content (AvgIpc) is 3.36. The lowest BCUT2D eigenvalue weighted by Crippen LogP contribution is -2.57. The summed E-state index contributed by atoms with van der Waals surface area (Å²) in [5, 5.41) is 3.65. The number of hydrogen-bond donors (Lipinski definition) is 1. The summed E-state index contributed by atoms with van der Waals surface area (Å²) in [4.78, 5) is 24.0. The minimum absolute atomic E-state index is 0.162. The molecule has 4 rings (SSSR count). The molecule has 3 heterocycles. The number of carbonyl (C=O) groups excluding carboxylic acids is 1. The Hall–Kier alpha value is -2.12. The van der Waals surface area contributed by atoms with Gasteiger partial charge in [0.2, 0.25) is 0 Å².